The van der Waals surface area contributed by atoms with E-state index in [1.165, 1.54) is 16.7 Å². The molecule has 0 fully saturated rings. The highest BCUT2D eigenvalue weighted by atomic mass is 16.5. The highest BCUT2D eigenvalue weighted by Gasteiger charge is 2.21. The van der Waals surface area contributed by atoms with Crippen molar-refractivity contribution in [3.05, 3.63) is 47.0 Å². The Labute approximate surface area is 136 Å². The summed E-state index contributed by atoms with van der Waals surface area (Å²) in [5.74, 6) is 1.95. The summed E-state index contributed by atoms with van der Waals surface area (Å²) >= 11 is 0. The van der Waals surface area contributed by atoms with Gasteiger partial charge in [0, 0.05) is 6.54 Å². The third kappa shape index (κ3) is 2.69. The van der Waals surface area contributed by atoms with E-state index in [0.29, 0.717) is 6.61 Å². The van der Waals surface area contributed by atoms with Gasteiger partial charge in [0.25, 0.3) is 0 Å². The fraction of sp³-hybridized carbons (Fsp3) is 0.368. The average molecular weight is 310 g/mol. The largest absolute Gasteiger partial charge is 0.489 e. The molecule has 0 amide bonds. The Hall–Kier alpha value is -2.36. The Morgan fingerprint density at radius 1 is 1.13 bits per heavy atom. The Bertz CT molecular complexity index is 742. The normalized spacial score (nSPS) is 18.6. The number of aryl methyl sites for hydroxylation is 2. The summed E-state index contributed by atoms with van der Waals surface area (Å²) in [6, 6.07) is 10.9. The van der Waals surface area contributed by atoms with E-state index in [2.05, 4.69) is 42.7 Å². The van der Waals surface area contributed by atoms with Crippen molar-refractivity contribution in [2.24, 2.45) is 0 Å². The number of nitrogens with one attached hydrogen (secondary N) is 2. The summed E-state index contributed by atoms with van der Waals surface area (Å²) in [6.07, 6.45) is 0.934. The predicted octanol–water partition coefficient (Wildman–Crippen LogP) is 3.52. The third-order valence-corrected chi connectivity index (χ3v) is 4.50. The molecule has 0 saturated heterocycles. The molecule has 4 nitrogen and oxygen atoms in total. The van der Waals surface area contributed by atoms with Crippen LogP contribution in [0.5, 0.6) is 11.5 Å². The van der Waals surface area contributed by atoms with Gasteiger partial charge in [-0.25, -0.2) is 0 Å². The number of fused-ring (bicyclic) bond motifs is 2. The van der Waals surface area contributed by atoms with Crippen LogP contribution in [0, 0.1) is 13.8 Å². The quantitative estimate of drug-likeness (QED) is 0.890. The second-order valence-electron chi connectivity index (χ2n) is 6.37. The number of benzene rings is 2. The first-order chi connectivity index (χ1) is 11.2. The van der Waals surface area contributed by atoms with Crippen LogP contribution in [0.3, 0.4) is 0 Å². The molecule has 1 unspecified atom stereocenters. The fourth-order valence-electron chi connectivity index (χ4n) is 3.40. The second-order valence-corrected chi connectivity index (χ2v) is 6.37. The molecule has 0 aromatic heterocycles. The molecule has 4 rings (SSSR count). The van der Waals surface area contributed by atoms with Gasteiger partial charge in [-0.05, 0) is 49.1 Å². The minimum Gasteiger partial charge on any atom is -0.489 e. The van der Waals surface area contributed by atoms with E-state index >= 15 is 0 Å². The van der Waals surface area contributed by atoms with E-state index in [9.17, 15) is 0 Å². The Morgan fingerprint density at radius 3 is 2.96 bits per heavy atom. The number of hydrogen-bond acceptors (Lipinski definition) is 4. The van der Waals surface area contributed by atoms with Crippen molar-refractivity contribution < 1.29 is 9.47 Å². The molecule has 0 aliphatic carbocycles. The highest BCUT2D eigenvalue weighted by Crippen LogP contribution is 2.35. The zero-order chi connectivity index (χ0) is 15.8. The average Bonchev–Trinajstić information content (AvgIpc) is 2.56. The zero-order valence-corrected chi connectivity index (χ0v) is 13.6. The van der Waals surface area contributed by atoms with E-state index < -0.39 is 0 Å². The molecular formula is C19H22N2O2. The number of anilines is 2. The van der Waals surface area contributed by atoms with Crippen molar-refractivity contribution >= 4 is 11.4 Å². The van der Waals surface area contributed by atoms with E-state index in [4.69, 9.17) is 9.47 Å². The molecule has 4 heteroatoms. The van der Waals surface area contributed by atoms with Crippen LogP contribution in [0.4, 0.5) is 11.4 Å². The van der Waals surface area contributed by atoms with Crippen LogP contribution < -0.4 is 20.1 Å². The smallest absolute Gasteiger partial charge is 0.145 e. The minimum absolute atomic E-state index is 0.283. The van der Waals surface area contributed by atoms with Crippen LogP contribution in [0.25, 0.3) is 0 Å². The van der Waals surface area contributed by atoms with E-state index in [1.54, 1.807) is 0 Å². The Morgan fingerprint density at radius 2 is 2.04 bits per heavy atom. The highest BCUT2D eigenvalue weighted by molar-refractivity contribution is 5.65. The molecule has 2 aromatic carbocycles. The van der Waals surface area contributed by atoms with Crippen molar-refractivity contribution in [1.82, 2.24) is 0 Å². The van der Waals surface area contributed by atoms with Gasteiger partial charge in [0.15, 0.2) is 0 Å². The van der Waals surface area contributed by atoms with E-state index in [-0.39, 0.29) is 6.04 Å². The lowest BCUT2D eigenvalue weighted by Gasteiger charge is -2.29. The molecule has 0 bridgehead atoms. The summed E-state index contributed by atoms with van der Waals surface area (Å²) < 4.78 is 11.7. The monoisotopic (exact) mass is 310 g/mol. The fourth-order valence-corrected chi connectivity index (χ4v) is 3.40. The number of ether oxygens (including phenoxy) is 2. The van der Waals surface area contributed by atoms with Crippen LogP contribution in [0.1, 0.15) is 16.7 Å². The third-order valence-electron chi connectivity index (χ3n) is 4.50. The first-order valence-corrected chi connectivity index (χ1v) is 8.20. The predicted molar refractivity (Wildman–Crippen MR) is 93.0 cm³/mol. The van der Waals surface area contributed by atoms with Gasteiger partial charge in [0.2, 0.25) is 0 Å². The Balaban J connectivity index is 1.55. The summed E-state index contributed by atoms with van der Waals surface area (Å²) in [6.45, 7) is 6.52. The van der Waals surface area contributed by atoms with Crippen LogP contribution >= 0.6 is 0 Å². The first kappa shape index (κ1) is 14.2. The maximum atomic E-state index is 5.93. The second kappa shape index (κ2) is 5.69. The van der Waals surface area contributed by atoms with Gasteiger partial charge < -0.3 is 20.1 Å². The number of hydrogen-bond donors (Lipinski definition) is 2. The van der Waals surface area contributed by atoms with Gasteiger partial charge in [-0.3, -0.25) is 0 Å². The van der Waals surface area contributed by atoms with Crippen molar-refractivity contribution in [2.45, 2.75) is 26.3 Å². The van der Waals surface area contributed by atoms with Crippen molar-refractivity contribution in [3.8, 4) is 11.5 Å². The van der Waals surface area contributed by atoms with Gasteiger partial charge >= 0.3 is 0 Å². The van der Waals surface area contributed by atoms with Gasteiger partial charge in [-0.2, -0.15) is 0 Å². The lowest BCUT2D eigenvalue weighted by molar-refractivity contribution is 0.283. The Kier molecular flexibility index (Phi) is 3.52. The minimum atomic E-state index is 0.283. The van der Waals surface area contributed by atoms with Crippen molar-refractivity contribution in [2.75, 3.05) is 30.4 Å². The topological polar surface area (TPSA) is 42.5 Å². The lowest BCUT2D eigenvalue weighted by Crippen LogP contribution is -2.33. The van der Waals surface area contributed by atoms with Gasteiger partial charge in [-0.1, -0.05) is 18.2 Å². The molecule has 0 saturated carbocycles. The molecule has 2 aromatic rings. The maximum Gasteiger partial charge on any atom is 0.145 e. The molecule has 2 aliphatic rings. The zero-order valence-electron chi connectivity index (χ0n) is 13.6. The SMILES string of the molecule is Cc1cccc2c1NC(Cc1cc(C)c3c(c1)NCCO3)CO2. The molecule has 23 heavy (non-hydrogen) atoms. The maximum absolute atomic E-state index is 5.93. The summed E-state index contributed by atoms with van der Waals surface area (Å²) in [5.41, 5.74) is 5.96. The molecule has 0 spiro atoms. The van der Waals surface area contributed by atoms with Gasteiger partial charge in [-0.15, -0.1) is 0 Å². The molecule has 2 aliphatic heterocycles. The first-order valence-electron chi connectivity index (χ1n) is 8.20. The van der Waals surface area contributed by atoms with Gasteiger partial charge in [0.1, 0.15) is 24.7 Å². The van der Waals surface area contributed by atoms with Crippen LogP contribution in [-0.4, -0.2) is 25.8 Å². The van der Waals surface area contributed by atoms with Crippen molar-refractivity contribution in [3.63, 3.8) is 0 Å². The number of para-hydroxylation sites is 1. The van der Waals surface area contributed by atoms with Gasteiger partial charge in [0.05, 0.1) is 17.4 Å². The van der Waals surface area contributed by atoms with Crippen LogP contribution in [-0.2, 0) is 6.42 Å². The van der Waals surface area contributed by atoms with E-state index in [1.807, 2.05) is 12.1 Å². The molecule has 2 heterocycles. The van der Waals surface area contributed by atoms with E-state index in [0.717, 1.165) is 42.4 Å². The van der Waals surface area contributed by atoms with Crippen LogP contribution in [0.2, 0.25) is 0 Å². The van der Waals surface area contributed by atoms with Crippen LogP contribution in [0.15, 0.2) is 30.3 Å². The molecular weight excluding hydrogens is 288 g/mol. The lowest BCUT2D eigenvalue weighted by atomic mass is 10.0. The molecule has 120 valence electrons. The summed E-state index contributed by atoms with van der Waals surface area (Å²) in [5, 5.41) is 7.07. The molecule has 1 atom stereocenters. The molecule has 2 N–H and O–H groups in total. The standard InChI is InChI=1S/C19H22N2O2/c1-12-4-3-5-17-18(12)21-15(11-23-17)9-14-8-13(2)19-16(10-14)20-6-7-22-19/h3-5,8,10,15,20-21H,6-7,9,11H2,1-2H3. The van der Waals surface area contributed by atoms with Crippen molar-refractivity contribution in [1.29, 1.82) is 0 Å². The number of rotatable bonds is 2. The molecule has 0 radical (unpaired) electrons. The summed E-state index contributed by atoms with van der Waals surface area (Å²) in [7, 11) is 0. The summed E-state index contributed by atoms with van der Waals surface area (Å²) in [4.78, 5) is 0.